The number of thioether (sulfide) groups is 1. The van der Waals surface area contributed by atoms with Crippen LogP contribution in [0.3, 0.4) is 0 Å². The van der Waals surface area contributed by atoms with Gasteiger partial charge in [-0.25, -0.2) is 0 Å². The van der Waals surface area contributed by atoms with Gasteiger partial charge in [0, 0.05) is 10.5 Å². The Labute approximate surface area is 174 Å². The number of likely N-dealkylation sites (N-methyl/N-ethyl adjacent to an activating group) is 1. The zero-order chi connectivity index (χ0) is 20.8. The van der Waals surface area contributed by atoms with E-state index in [9.17, 15) is 4.79 Å². The van der Waals surface area contributed by atoms with Gasteiger partial charge in [0.2, 0.25) is 5.89 Å². The molecular weight excluding hydrogens is 388 g/mol. The minimum atomic E-state index is -0.129. The highest BCUT2D eigenvalue weighted by Crippen LogP contribution is 2.24. The summed E-state index contributed by atoms with van der Waals surface area (Å²) in [7, 11) is 3.55. The van der Waals surface area contributed by atoms with Gasteiger partial charge in [0.25, 0.3) is 11.8 Å². The second kappa shape index (κ2) is 9.58. The van der Waals surface area contributed by atoms with E-state index in [2.05, 4.69) is 15.5 Å². The highest BCUT2D eigenvalue weighted by molar-refractivity contribution is 7.98. The number of quaternary nitrogens is 1. The fraction of sp³-hybridized carbons (Fsp3) is 0.286. The van der Waals surface area contributed by atoms with E-state index in [-0.39, 0.29) is 18.5 Å². The maximum atomic E-state index is 12.5. The topological polar surface area (TPSA) is 81.7 Å². The molecule has 3 rings (SSSR count). The number of carbonyl (C=O) groups excluding carboxylic acids is 1. The first-order valence-corrected chi connectivity index (χ1v) is 10.5. The number of aromatic nitrogens is 2. The number of nitrogens with one attached hydrogen (secondary N) is 2. The molecule has 29 heavy (non-hydrogen) atoms. The summed E-state index contributed by atoms with van der Waals surface area (Å²) in [6.07, 6.45) is 1.99. The minimum Gasteiger partial charge on any atom is -0.497 e. The van der Waals surface area contributed by atoms with Crippen LogP contribution in [-0.4, -0.2) is 43.1 Å². The molecule has 0 radical (unpaired) electrons. The van der Waals surface area contributed by atoms with Gasteiger partial charge < -0.3 is 19.4 Å². The van der Waals surface area contributed by atoms with Gasteiger partial charge in [-0.2, -0.15) is 0 Å². The van der Waals surface area contributed by atoms with Crippen LogP contribution in [0.15, 0.2) is 57.8 Å². The molecule has 0 spiro atoms. The molecule has 0 bridgehead atoms. The molecule has 2 atom stereocenters. The highest BCUT2D eigenvalue weighted by Gasteiger charge is 2.24. The lowest BCUT2D eigenvalue weighted by atomic mass is 10.2. The van der Waals surface area contributed by atoms with E-state index in [1.165, 1.54) is 0 Å². The molecule has 8 heteroatoms. The summed E-state index contributed by atoms with van der Waals surface area (Å²) in [6, 6.07) is 15.1. The number of rotatable bonds is 8. The quantitative estimate of drug-likeness (QED) is 0.553. The third-order valence-corrected chi connectivity index (χ3v) is 5.50. The molecule has 0 aliphatic carbocycles. The first-order chi connectivity index (χ1) is 14.0. The van der Waals surface area contributed by atoms with Gasteiger partial charge in [0.15, 0.2) is 12.6 Å². The molecule has 1 unspecified atom stereocenters. The first-order valence-electron chi connectivity index (χ1n) is 9.24. The van der Waals surface area contributed by atoms with Gasteiger partial charge in [0.05, 0.1) is 19.8 Å². The number of anilines is 1. The maximum absolute atomic E-state index is 12.5. The molecule has 0 fully saturated rings. The molecule has 0 saturated carbocycles. The third-order valence-electron chi connectivity index (χ3n) is 4.71. The van der Waals surface area contributed by atoms with Crippen molar-refractivity contribution in [3.63, 3.8) is 0 Å². The van der Waals surface area contributed by atoms with Gasteiger partial charge in [-0.1, -0.05) is 12.1 Å². The van der Waals surface area contributed by atoms with Crippen molar-refractivity contribution in [1.82, 2.24) is 10.2 Å². The van der Waals surface area contributed by atoms with Crippen LogP contribution in [0.4, 0.5) is 5.69 Å². The van der Waals surface area contributed by atoms with Gasteiger partial charge >= 0.3 is 0 Å². The molecule has 0 aliphatic heterocycles. The van der Waals surface area contributed by atoms with Gasteiger partial charge in [-0.15, -0.1) is 22.0 Å². The third kappa shape index (κ3) is 5.16. The number of amides is 1. The lowest BCUT2D eigenvalue weighted by molar-refractivity contribution is -0.903. The Bertz CT molecular complexity index is 959. The number of benzene rings is 2. The largest absolute Gasteiger partial charge is 0.497 e. The minimum absolute atomic E-state index is 0.0641. The van der Waals surface area contributed by atoms with Crippen LogP contribution in [0.1, 0.15) is 18.9 Å². The van der Waals surface area contributed by atoms with Crippen LogP contribution in [0.25, 0.3) is 11.5 Å². The summed E-state index contributed by atoms with van der Waals surface area (Å²) < 4.78 is 11.0. The molecule has 1 amide bonds. The molecule has 0 aliphatic rings. The smallest absolute Gasteiger partial charge is 0.279 e. The average Bonchev–Trinajstić information content (AvgIpc) is 3.23. The van der Waals surface area contributed by atoms with Crippen LogP contribution >= 0.6 is 11.8 Å². The lowest BCUT2D eigenvalue weighted by Gasteiger charge is -2.18. The van der Waals surface area contributed by atoms with Crippen molar-refractivity contribution < 1.29 is 18.8 Å². The zero-order valence-electron chi connectivity index (χ0n) is 16.9. The molecule has 2 N–H and O–H groups in total. The number of hydrogen-bond donors (Lipinski definition) is 2. The molecule has 152 valence electrons. The SMILES string of the molecule is COc1ccc(-c2nnc([C@H](C)[NH+](C)CC(=O)Nc3ccccc3SC)o2)cc1. The number of carbonyl (C=O) groups is 1. The number of hydrogen-bond acceptors (Lipinski definition) is 6. The van der Waals surface area contributed by atoms with Crippen LogP contribution in [0, 0.1) is 0 Å². The molecule has 7 nitrogen and oxygen atoms in total. The fourth-order valence-electron chi connectivity index (χ4n) is 2.82. The predicted molar refractivity (Wildman–Crippen MR) is 113 cm³/mol. The zero-order valence-corrected chi connectivity index (χ0v) is 17.7. The van der Waals surface area contributed by atoms with E-state index in [0.29, 0.717) is 11.8 Å². The normalized spacial score (nSPS) is 13.0. The predicted octanol–water partition coefficient (Wildman–Crippen LogP) is 2.68. The summed E-state index contributed by atoms with van der Waals surface area (Å²) >= 11 is 1.60. The van der Waals surface area contributed by atoms with E-state index in [4.69, 9.17) is 9.15 Å². The van der Waals surface area contributed by atoms with Gasteiger partial charge in [-0.3, -0.25) is 4.79 Å². The van der Waals surface area contributed by atoms with Crippen LogP contribution in [-0.2, 0) is 4.79 Å². The first kappa shape index (κ1) is 20.9. The fourth-order valence-corrected chi connectivity index (χ4v) is 3.37. The molecule has 1 aromatic heterocycles. The average molecular weight is 414 g/mol. The summed E-state index contributed by atoms with van der Waals surface area (Å²) in [5.74, 6) is 1.64. The molecule has 2 aromatic carbocycles. The van der Waals surface area contributed by atoms with E-state index < -0.39 is 0 Å². The second-order valence-corrected chi connectivity index (χ2v) is 7.52. The van der Waals surface area contributed by atoms with Crippen molar-refractivity contribution in [2.24, 2.45) is 0 Å². The van der Waals surface area contributed by atoms with Gasteiger partial charge in [-0.05, 0) is 49.6 Å². The van der Waals surface area contributed by atoms with Crippen LogP contribution < -0.4 is 15.0 Å². The van der Waals surface area contributed by atoms with E-state index in [0.717, 1.165) is 26.8 Å². The van der Waals surface area contributed by atoms with E-state index in [1.807, 2.05) is 68.8 Å². The summed E-state index contributed by atoms with van der Waals surface area (Å²) in [5, 5.41) is 11.3. The Morgan fingerprint density at radius 1 is 1.21 bits per heavy atom. The van der Waals surface area contributed by atoms with Crippen molar-refractivity contribution in [1.29, 1.82) is 0 Å². The Kier molecular flexibility index (Phi) is 6.90. The number of methoxy groups -OCH3 is 1. The summed E-state index contributed by atoms with van der Waals surface area (Å²) in [5.41, 5.74) is 1.64. The molecule has 0 saturated heterocycles. The summed E-state index contributed by atoms with van der Waals surface area (Å²) in [6.45, 7) is 2.24. The van der Waals surface area contributed by atoms with E-state index >= 15 is 0 Å². The summed E-state index contributed by atoms with van der Waals surface area (Å²) in [4.78, 5) is 14.5. The van der Waals surface area contributed by atoms with Crippen molar-refractivity contribution in [3.05, 3.63) is 54.4 Å². The number of ether oxygens (including phenoxy) is 1. The maximum Gasteiger partial charge on any atom is 0.279 e. The van der Waals surface area contributed by atoms with Crippen molar-refractivity contribution in [3.8, 4) is 17.2 Å². The van der Waals surface area contributed by atoms with Gasteiger partial charge in [0.1, 0.15) is 5.75 Å². The molecule has 1 heterocycles. The van der Waals surface area contributed by atoms with E-state index in [1.54, 1.807) is 18.9 Å². The number of nitrogens with zero attached hydrogens (tertiary/aromatic N) is 2. The highest BCUT2D eigenvalue weighted by atomic mass is 32.2. The standard InChI is InChI=1S/C21H24N4O3S/c1-14(20-23-24-21(28-20)15-9-11-16(27-3)12-10-15)25(2)13-19(26)22-17-7-5-6-8-18(17)29-4/h5-12,14H,13H2,1-4H3,(H,22,26)/p+1/t14-/m0/s1. The van der Waals surface area contributed by atoms with Crippen molar-refractivity contribution in [2.45, 2.75) is 17.9 Å². The van der Waals surface area contributed by atoms with Crippen molar-refractivity contribution in [2.75, 3.05) is 32.3 Å². The second-order valence-electron chi connectivity index (χ2n) is 6.67. The van der Waals surface area contributed by atoms with Crippen LogP contribution in [0.2, 0.25) is 0 Å². The Balaban J connectivity index is 1.63. The monoisotopic (exact) mass is 413 g/mol. The Morgan fingerprint density at radius 2 is 1.93 bits per heavy atom. The lowest BCUT2D eigenvalue weighted by Crippen LogP contribution is -3.10. The molecule has 3 aromatic rings. The molecular formula is C21H25N4O3S+. The number of para-hydroxylation sites is 1. The Morgan fingerprint density at radius 3 is 2.62 bits per heavy atom. The van der Waals surface area contributed by atoms with Crippen LogP contribution in [0.5, 0.6) is 5.75 Å². The Hall–Kier alpha value is -2.84. The van der Waals surface area contributed by atoms with Crippen molar-refractivity contribution >= 4 is 23.4 Å².